The van der Waals surface area contributed by atoms with Crippen molar-refractivity contribution < 1.29 is 86.4 Å². The Morgan fingerprint density at radius 3 is 0.968 bits per heavy atom. The highest BCUT2D eigenvalue weighted by atomic mass is 32.2. The molecule has 0 aromatic carbocycles. The van der Waals surface area contributed by atoms with Crippen LogP contribution in [-0.4, -0.2) is 161 Å². The Morgan fingerprint density at radius 1 is 0.429 bits per heavy atom. The number of carbonyl (C=O) groups is 7. The van der Waals surface area contributed by atoms with Crippen LogP contribution in [0.2, 0.25) is 0 Å². The molecule has 0 bridgehead atoms. The standard InChI is InChI=1S/C43H68O18S2/c1-7-34(46)55-27-41(10-4,25-53-20-14-38(50)59-32-43(12-6,31-57-36(48)9-3)33-61-40(52)16-22-63-24-18-45)29-58-37(49)13-19-54-26-42(11-5,28-56-35(47)8-2)30-60-39(51)15-21-62-23-17-44/h7-9,44-45H,1-3,10-33H2,4-6H3. The first-order valence-electron chi connectivity index (χ1n) is 20.7. The second-order valence-corrected chi connectivity index (χ2v) is 16.9. The smallest absolute Gasteiger partial charge is 0.330 e. The van der Waals surface area contributed by atoms with E-state index in [-0.39, 0.29) is 112 Å². The Morgan fingerprint density at radius 2 is 0.698 bits per heavy atom. The van der Waals surface area contributed by atoms with Gasteiger partial charge in [0.25, 0.3) is 0 Å². The van der Waals surface area contributed by atoms with Gasteiger partial charge in [0.1, 0.15) is 46.2 Å². The van der Waals surface area contributed by atoms with Gasteiger partial charge in [0.2, 0.25) is 0 Å². The summed E-state index contributed by atoms with van der Waals surface area (Å²) in [6, 6.07) is 0. The first-order chi connectivity index (χ1) is 30.2. The Labute approximate surface area is 379 Å². The summed E-state index contributed by atoms with van der Waals surface area (Å²) in [5.41, 5.74) is -2.97. The molecule has 0 aliphatic heterocycles. The third-order valence-electron chi connectivity index (χ3n) is 9.56. The van der Waals surface area contributed by atoms with Crippen LogP contribution in [0.1, 0.15) is 65.7 Å². The van der Waals surface area contributed by atoms with Crippen LogP contribution in [0.5, 0.6) is 0 Å². The van der Waals surface area contributed by atoms with E-state index in [0.717, 1.165) is 18.2 Å². The van der Waals surface area contributed by atoms with Crippen molar-refractivity contribution in [2.24, 2.45) is 16.2 Å². The molecule has 3 atom stereocenters. The molecule has 0 saturated carbocycles. The number of aliphatic hydroxyl groups excluding tert-OH is 2. The Hall–Kier alpha value is -3.95. The minimum atomic E-state index is -1.04. The number of hydrogen-bond acceptors (Lipinski definition) is 20. The predicted molar refractivity (Wildman–Crippen MR) is 234 cm³/mol. The maximum Gasteiger partial charge on any atom is 0.330 e. The van der Waals surface area contributed by atoms with Crippen molar-refractivity contribution in [2.75, 3.05) is 109 Å². The average molecular weight is 937 g/mol. The molecule has 0 aromatic heterocycles. The summed E-state index contributed by atoms with van der Waals surface area (Å²) in [4.78, 5) is 86.1. The summed E-state index contributed by atoms with van der Waals surface area (Å²) in [6.45, 7) is 13.9. The molecule has 0 saturated heterocycles. The van der Waals surface area contributed by atoms with Gasteiger partial charge in [-0.15, -0.1) is 0 Å². The van der Waals surface area contributed by atoms with E-state index in [2.05, 4.69) is 19.7 Å². The van der Waals surface area contributed by atoms with Crippen LogP contribution >= 0.6 is 23.5 Å². The summed E-state index contributed by atoms with van der Waals surface area (Å²) >= 11 is 2.80. The van der Waals surface area contributed by atoms with E-state index in [0.29, 0.717) is 42.3 Å². The molecule has 0 fully saturated rings. The molecule has 0 heterocycles. The van der Waals surface area contributed by atoms with Crippen LogP contribution in [0.3, 0.4) is 0 Å². The van der Waals surface area contributed by atoms with Gasteiger partial charge in [0, 0.05) is 41.2 Å². The fourth-order valence-electron chi connectivity index (χ4n) is 4.90. The SMILES string of the molecule is C=CC(=O)OCC(CC)(COCCC(=O)OCC(CC)(COC(=O)C=C)COC(=O)CCSCCO)COC(=O)CCOCC(CC)(COC(=O)C=C)COC(=O)CCSCCO. The first kappa shape index (κ1) is 59.0. The Balaban J connectivity index is 5.41. The largest absolute Gasteiger partial charge is 0.465 e. The minimum Gasteiger partial charge on any atom is -0.465 e. The molecule has 0 rings (SSSR count). The molecule has 2 N–H and O–H groups in total. The van der Waals surface area contributed by atoms with Crippen LogP contribution in [0, 0.1) is 16.2 Å². The van der Waals surface area contributed by atoms with Gasteiger partial charge in [-0.1, -0.05) is 40.5 Å². The Bertz CT molecular complexity index is 1430. The van der Waals surface area contributed by atoms with Gasteiger partial charge in [-0.25, -0.2) is 14.4 Å². The van der Waals surface area contributed by atoms with E-state index in [1.165, 1.54) is 23.5 Å². The number of ether oxygens (including phenoxy) is 9. The fourth-order valence-corrected chi connectivity index (χ4v) is 6.19. The third kappa shape index (κ3) is 27.8. The van der Waals surface area contributed by atoms with Crippen molar-refractivity contribution in [3.05, 3.63) is 38.0 Å². The number of aliphatic hydroxyl groups is 2. The maximum absolute atomic E-state index is 12.9. The van der Waals surface area contributed by atoms with Crippen LogP contribution in [0.25, 0.3) is 0 Å². The summed E-state index contributed by atoms with van der Waals surface area (Å²) in [5.74, 6) is -2.43. The van der Waals surface area contributed by atoms with Gasteiger partial charge < -0.3 is 52.8 Å². The van der Waals surface area contributed by atoms with Gasteiger partial charge in [-0.05, 0) is 19.3 Å². The quantitative estimate of drug-likeness (QED) is 0.0386. The van der Waals surface area contributed by atoms with Crippen LogP contribution in [0.4, 0.5) is 0 Å². The lowest BCUT2D eigenvalue weighted by molar-refractivity contribution is -0.161. The number of carbonyl (C=O) groups excluding carboxylic acids is 7. The maximum atomic E-state index is 12.9. The van der Waals surface area contributed by atoms with Crippen LogP contribution in [0.15, 0.2) is 38.0 Å². The molecule has 0 spiro atoms. The summed E-state index contributed by atoms with van der Waals surface area (Å²) < 4.78 is 49.4. The number of thioether (sulfide) groups is 2. The van der Waals surface area contributed by atoms with Gasteiger partial charge in [0.05, 0.1) is 81.6 Å². The minimum absolute atomic E-state index is 0.00135. The normalized spacial score (nSPS) is 13.7. The lowest BCUT2D eigenvalue weighted by Crippen LogP contribution is -2.39. The average Bonchev–Trinajstić information content (AvgIpc) is 3.30. The number of esters is 7. The van der Waals surface area contributed by atoms with E-state index in [4.69, 9.17) is 52.8 Å². The molecule has 0 aliphatic carbocycles. The highest BCUT2D eigenvalue weighted by Crippen LogP contribution is 2.28. The highest BCUT2D eigenvalue weighted by molar-refractivity contribution is 7.99. The molecule has 3 unspecified atom stereocenters. The van der Waals surface area contributed by atoms with Crippen molar-refractivity contribution in [1.82, 2.24) is 0 Å². The molecule has 360 valence electrons. The number of hydrogen-bond donors (Lipinski definition) is 2. The lowest BCUT2D eigenvalue weighted by Gasteiger charge is -2.32. The molecule has 18 nitrogen and oxygen atoms in total. The fraction of sp³-hybridized carbons (Fsp3) is 0.698. The Kier molecular flexibility index (Phi) is 33.2. The van der Waals surface area contributed by atoms with Crippen molar-refractivity contribution >= 4 is 65.3 Å². The lowest BCUT2D eigenvalue weighted by atomic mass is 9.88. The van der Waals surface area contributed by atoms with E-state index < -0.39 is 58.0 Å². The molecule has 0 aliphatic rings. The number of rotatable bonds is 40. The van der Waals surface area contributed by atoms with Crippen LogP contribution < -0.4 is 0 Å². The van der Waals surface area contributed by atoms with Gasteiger partial charge in [-0.3, -0.25) is 19.2 Å². The van der Waals surface area contributed by atoms with Crippen molar-refractivity contribution in [1.29, 1.82) is 0 Å². The summed E-state index contributed by atoms with van der Waals surface area (Å²) in [7, 11) is 0. The monoisotopic (exact) mass is 936 g/mol. The van der Waals surface area contributed by atoms with E-state index in [1.807, 2.05) is 6.92 Å². The first-order valence-corrected chi connectivity index (χ1v) is 23.0. The van der Waals surface area contributed by atoms with E-state index in [1.54, 1.807) is 13.8 Å². The molecular formula is C43H68O18S2. The molecule has 0 aromatic rings. The van der Waals surface area contributed by atoms with Gasteiger partial charge in [-0.2, -0.15) is 23.5 Å². The second-order valence-electron chi connectivity index (χ2n) is 14.4. The molecular weight excluding hydrogens is 869 g/mol. The zero-order valence-electron chi connectivity index (χ0n) is 37.1. The molecule has 63 heavy (non-hydrogen) atoms. The van der Waals surface area contributed by atoms with Gasteiger partial charge in [0.15, 0.2) is 0 Å². The summed E-state index contributed by atoms with van der Waals surface area (Å²) in [6.07, 6.45) is 3.87. The highest BCUT2D eigenvalue weighted by Gasteiger charge is 2.36. The van der Waals surface area contributed by atoms with Crippen molar-refractivity contribution in [3.8, 4) is 0 Å². The van der Waals surface area contributed by atoms with Gasteiger partial charge >= 0.3 is 41.8 Å². The van der Waals surface area contributed by atoms with Crippen LogP contribution in [-0.2, 0) is 76.2 Å². The van der Waals surface area contributed by atoms with Crippen molar-refractivity contribution in [3.63, 3.8) is 0 Å². The third-order valence-corrected chi connectivity index (χ3v) is 11.5. The van der Waals surface area contributed by atoms with Crippen molar-refractivity contribution in [2.45, 2.75) is 65.7 Å². The predicted octanol–water partition coefficient (Wildman–Crippen LogP) is 3.58. The zero-order chi connectivity index (χ0) is 47.4. The summed E-state index contributed by atoms with van der Waals surface area (Å²) in [5, 5.41) is 17.9. The zero-order valence-corrected chi connectivity index (χ0v) is 38.7. The van der Waals surface area contributed by atoms with E-state index >= 15 is 0 Å². The second kappa shape index (κ2) is 35.4. The molecule has 0 radical (unpaired) electrons. The molecule has 20 heteroatoms. The topological polar surface area (TPSA) is 243 Å². The molecule has 0 amide bonds. The van der Waals surface area contributed by atoms with E-state index in [9.17, 15) is 33.6 Å².